The van der Waals surface area contributed by atoms with E-state index >= 15 is 0 Å². The van der Waals surface area contributed by atoms with Crippen LogP contribution in [0.2, 0.25) is 0 Å². The fourth-order valence-electron chi connectivity index (χ4n) is 4.67. The summed E-state index contributed by atoms with van der Waals surface area (Å²) in [4.78, 5) is 12.5. The summed E-state index contributed by atoms with van der Waals surface area (Å²) in [7, 11) is 0. The summed E-state index contributed by atoms with van der Waals surface area (Å²) in [5.74, 6) is 1.83. The fraction of sp³-hybridized carbons (Fsp3) is 0.500. The molecule has 6 nitrogen and oxygen atoms in total. The molecular weight excluding hydrogens is 397 g/mol. The average molecular weight is 426 g/mol. The first-order chi connectivity index (χ1) is 12.6. The molecule has 2 fully saturated rings. The Morgan fingerprint density at radius 3 is 2.57 bits per heavy atom. The van der Waals surface area contributed by atoms with E-state index in [1.54, 1.807) is 4.68 Å². The molecule has 4 rings (SSSR count). The summed E-state index contributed by atoms with van der Waals surface area (Å²) in [6, 6.07) is 11.8. The average Bonchev–Trinajstić information content (AvgIpc) is 3.34. The van der Waals surface area contributed by atoms with Crippen molar-refractivity contribution in [3.05, 3.63) is 42.1 Å². The number of nitrogens with two attached hydrogens (primary N) is 2. The van der Waals surface area contributed by atoms with Crippen molar-refractivity contribution in [1.82, 2.24) is 15.1 Å². The predicted molar refractivity (Wildman–Crippen MR) is 116 cm³/mol. The summed E-state index contributed by atoms with van der Waals surface area (Å²) in [6.45, 7) is 0.650. The van der Waals surface area contributed by atoms with E-state index in [0.29, 0.717) is 24.2 Å². The summed E-state index contributed by atoms with van der Waals surface area (Å²) >= 11 is 0. The van der Waals surface area contributed by atoms with Crippen LogP contribution in [0.25, 0.3) is 5.69 Å². The molecule has 0 saturated heterocycles. The van der Waals surface area contributed by atoms with Crippen molar-refractivity contribution in [3.8, 4) is 5.69 Å². The summed E-state index contributed by atoms with van der Waals surface area (Å²) in [5, 5.41) is 7.65. The summed E-state index contributed by atoms with van der Waals surface area (Å²) in [5.41, 5.74) is 14.2. The Morgan fingerprint density at radius 1 is 1.18 bits per heavy atom. The van der Waals surface area contributed by atoms with Gasteiger partial charge in [-0.2, -0.15) is 5.10 Å². The highest BCUT2D eigenvalue weighted by atomic mass is 35.5. The van der Waals surface area contributed by atoms with E-state index in [1.165, 1.54) is 6.42 Å². The van der Waals surface area contributed by atoms with Crippen LogP contribution in [0.1, 0.15) is 31.4 Å². The smallest absolute Gasteiger partial charge is 0.224 e. The van der Waals surface area contributed by atoms with Crippen molar-refractivity contribution in [2.45, 2.75) is 38.1 Å². The molecule has 2 bridgehead atoms. The summed E-state index contributed by atoms with van der Waals surface area (Å²) < 4.78 is 1.75. The molecule has 4 unspecified atom stereocenters. The Hall–Kier alpha value is -1.76. The van der Waals surface area contributed by atoms with Gasteiger partial charge in [-0.15, -0.1) is 24.8 Å². The molecule has 28 heavy (non-hydrogen) atoms. The molecule has 2 aliphatic carbocycles. The Morgan fingerprint density at radius 2 is 1.89 bits per heavy atom. The molecule has 1 heterocycles. The second-order valence-corrected chi connectivity index (χ2v) is 7.64. The van der Waals surface area contributed by atoms with Crippen molar-refractivity contribution in [1.29, 1.82) is 0 Å². The van der Waals surface area contributed by atoms with E-state index < -0.39 is 0 Å². The standard InChI is InChI=1S/C20H27N5O.2ClH/c21-17-12-15(24-25(17)16-6-2-1-3-7-16)5-4-10-23-20(26)18-13-8-9-14(11-13)19(18)22;;/h1-3,6-7,12-14,18-19H,4-5,8-11,21-22H2,(H,23,26);2*1H. The maximum Gasteiger partial charge on any atom is 0.224 e. The molecule has 4 atom stereocenters. The van der Waals surface area contributed by atoms with Gasteiger partial charge in [-0.05, 0) is 56.1 Å². The number of carbonyl (C=O) groups excluding carboxylic acids is 1. The zero-order valence-electron chi connectivity index (χ0n) is 15.8. The van der Waals surface area contributed by atoms with Gasteiger partial charge >= 0.3 is 0 Å². The van der Waals surface area contributed by atoms with Crippen LogP contribution >= 0.6 is 24.8 Å². The number of halogens is 2. The van der Waals surface area contributed by atoms with Crippen LogP contribution in [0.3, 0.4) is 0 Å². The Kier molecular flexibility index (Phi) is 7.75. The molecule has 154 valence electrons. The van der Waals surface area contributed by atoms with Crippen molar-refractivity contribution in [2.75, 3.05) is 12.3 Å². The molecule has 5 N–H and O–H groups in total. The Labute approximate surface area is 178 Å². The van der Waals surface area contributed by atoms with Gasteiger partial charge in [0.1, 0.15) is 5.82 Å². The largest absolute Gasteiger partial charge is 0.384 e. The number of fused-ring (bicyclic) bond motifs is 2. The van der Waals surface area contributed by atoms with Gasteiger partial charge in [0.2, 0.25) is 5.91 Å². The Bertz CT molecular complexity index is 780. The van der Waals surface area contributed by atoms with E-state index in [1.807, 2.05) is 36.4 Å². The van der Waals surface area contributed by atoms with Crippen LogP contribution in [-0.4, -0.2) is 28.3 Å². The zero-order chi connectivity index (χ0) is 18.1. The van der Waals surface area contributed by atoms with Crippen molar-refractivity contribution >= 4 is 36.5 Å². The van der Waals surface area contributed by atoms with Gasteiger partial charge in [0.05, 0.1) is 17.3 Å². The minimum atomic E-state index is 0. The van der Waals surface area contributed by atoms with E-state index in [2.05, 4.69) is 10.4 Å². The maximum atomic E-state index is 12.5. The van der Waals surface area contributed by atoms with E-state index in [9.17, 15) is 4.79 Å². The lowest BCUT2D eigenvalue weighted by Gasteiger charge is -2.26. The number of anilines is 1. The van der Waals surface area contributed by atoms with Gasteiger partial charge in [-0.1, -0.05) is 18.2 Å². The first-order valence-corrected chi connectivity index (χ1v) is 9.56. The third-order valence-corrected chi connectivity index (χ3v) is 5.98. The van der Waals surface area contributed by atoms with E-state index in [0.717, 1.165) is 37.1 Å². The quantitative estimate of drug-likeness (QED) is 0.619. The van der Waals surface area contributed by atoms with Gasteiger partial charge in [-0.25, -0.2) is 4.68 Å². The first-order valence-electron chi connectivity index (χ1n) is 9.56. The van der Waals surface area contributed by atoms with Crippen LogP contribution in [0.4, 0.5) is 5.82 Å². The van der Waals surface area contributed by atoms with Crippen LogP contribution in [0.5, 0.6) is 0 Å². The lowest BCUT2D eigenvalue weighted by Crippen LogP contribution is -2.45. The minimum Gasteiger partial charge on any atom is -0.384 e. The van der Waals surface area contributed by atoms with Crippen LogP contribution in [-0.2, 0) is 11.2 Å². The topological polar surface area (TPSA) is 99.0 Å². The third kappa shape index (κ3) is 4.45. The normalized spacial score (nSPS) is 25.0. The number of nitrogens with one attached hydrogen (secondary N) is 1. The highest BCUT2D eigenvalue weighted by Crippen LogP contribution is 2.47. The number of hydrogen-bond acceptors (Lipinski definition) is 4. The van der Waals surface area contributed by atoms with Crippen molar-refractivity contribution < 1.29 is 4.79 Å². The van der Waals surface area contributed by atoms with Gasteiger partial charge in [0.15, 0.2) is 0 Å². The predicted octanol–water partition coefficient (Wildman–Crippen LogP) is 2.72. The molecular formula is C20H29Cl2N5O. The van der Waals surface area contributed by atoms with Crippen LogP contribution in [0.15, 0.2) is 36.4 Å². The number of aryl methyl sites for hydroxylation is 1. The summed E-state index contributed by atoms with van der Waals surface area (Å²) in [6.07, 6.45) is 5.11. The van der Waals surface area contributed by atoms with E-state index in [-0.39, 0.29) is 42.7 Å². The van der Waals surface area contributed by atoms with E-state index in [4.69, 9.17) is 11.5 Å². The second kappa shape index (κ2) is 9.63. The van der Waals surface area contributed by atoms with Gasteiger partial charge in [-0.3, -0.25) is 4.79 Å². The molecule has 0 radical (unpaired) electrons. The number of rotatable bonds is 6. The highest BCUT2D eigenvalue weighted by Gasteiger charge is 2.48. The second-order valence-electron chi connectivity index (χ2n) is 7.64. The number of aromatic nitrogens is 2. The molecule has 0 spiro atoms. The molecule has 1 amide bonds. The number of benzene rings is 1. The highest BCUT2D eigenvalue weighted by molar-refractivity contribution is 5.85. The molecule has 1 aromatic heterocycles. The van der Waals surface area contributed by atoms with Crippen molar-refractivity contribution in [2.24, 2.45) is 23.5 Å². The Balaban J connectivity index is 0.00000140. The minimum absolute atomic E-state index is 0. The number of carbonyl (C=O) groups is 1. The lowest BCUT2D eigenvalue weighted by atomic mass is 9.84. The number of amides is 1. The monoisotopic (exact) mass is 425 g/mol. The molecule has 2 aromatic rings. The number of para-hydroxylation sites is 1. The fourth-order valence-corrected chi connectivity index (χ4v) is 4.67. The van der Waals surface area contributed by atoms with Gasteiger partial charge in [0, 0.05) is 18.7 Å². The molecule has 1 aromatic carbocycles. The van der Waals surface area contributed by atoms with Crippen LogP contribution in [0, 0.1) is 17.8 Å². The number of hydrogen-bond donors (Lipinski definition) is 3. The molecule has 0 aliphatic heterocycles. The zero-order valence-corrected chi connectivity index (χ0v) is 17.4. The SMILES string of the molecule is Cl.Cl.Nc1cc(CCCNC(=O)C2C3CCC(C3)C2N)nn1-c1ccccc1. The molecule has 8 heteroatoms. The maximum absolute atomic E-state index is 12.5. The molecule has 2 saturated carbocycles. The van der Waals surface area contributed by atoms with Crippen LogP contribution < -0.4 is 16.8 Å². The molecule has 2 aliphatic rings. The van der Waals surface area contributed by atoms with Gasteiger partial charge < -0.3 is 16.8 Å². The lowest BCUT2D eigenvalue weighted by molar-refractivity contribution is -0.127. The third-order valence-electron chi connectivity index (χ3n) is 5.98. The van der Waals surface area contributed by atoms with Gasteiger partial charge in [0.25, 0.3) is 0 Å². The first kappa shape index (κ1) is 22.5. The number of nitrogens with zero attached hydrogens (tertiary/aromatic N) is 2. The van der Waals surface area contributed by atoms with Crippen molar-refractivity contribution in [3.63, 3.8) is 0 Å². The number of nitrogen functional groups attached to an aromatic ring is 1.